The molecule has 0 spiro atoms. The summed E-state index contributed by atoms with van der Waals surface area (Å²) < 4.78 is 15.6. The van der Waals surface area contributed by atoms with E-state index in [1.54, 1.807) is 35.8 Å². The molecule has 0 aliphatic carbocycles. The van der Waals surface area contributed by atoms with Gasteiger partial charge in [0.2, 0.25) is 0 Å². The van der Waals surface area contributed by atoms with Crippen molar-refractivity contribution < 1.29 is 4.39 Å². The number of benzene rings is 2. The van der Waals surface area contributed by atoms with Gasteiger partial charge in [0, 0.05) is 5.56 Å². The summed E-state index contributed by atoms with van der Waals surface area (Å²) in [6, 6.07) is 17.1. The Labute approximate surface area is 110 Å². The number of halogens is 1. The van der Waals surface area contributed by atoms with E-state index < -0.39 is 0 Å². The van der Waals surface area contributed by atoms with Crippen molar-refractivity contribution >= 4 is 0 Å². The van der Waals surface area contributed by atoms with E-state index >= 15 is 0 Å². The molecule has 0 bridgehead atoms. The maximum atomic E-state index is 13.9. The van der Waals surface area contributed by atoms with E-state index in [2.05, 4.69) is 16.3 Å². The van der Waals surface area contributed by atoms with Gasteiger partial charge < -0.3 is 0 Å². The Morgan fingerprint density at radius 1 is 1.05 bits per heavy atom. The zero-order chi connectivity index (χ0) is 13.2. The lowest BCUT2D eigenvalue weighted by molar-refractivity contribution is 0.617. The molecule has 93 valence electrons. The molecule has 4 heteroatoms. The van der Waals surface area contributed by atoms with Crippen molar-refractivity contribution in [1.82, 2.24) is 14.8 Å². The van der Waals surface area contributed by atoms with Crippen molar-refractivity contribution in [3.8, 4) is 17.1 Å². The van der Waals surface area contributed by atoms with E-state index in [-0.39, 0.29) is 5.82 Å². The lowest BCUT2D eigenvalue weighted by atomic mass is 10.2. The van der Waals surface area contributed by atoms with Gasteiger partial charge in [-0.05, 0) is 25.1 Å². The van der Waals surface area contributed by atoms with Crippen LogP contribution in [-0.4, -0.2) is 14.8 Å². The third kappa shape index (κ3) is 2.01. The molecular formula is C15H11FN3. The van der Waals surface area contributed by atoms with Gasteiger partial charge in [-0.15, -0.1) is 10.2 Å². The maximum Gasteiger partial charge on any atom is 0.169 e. The standard InChI is InChI=1S/C15H11FN3/c1-11-17-18-15(12-7-3-2-4-8-12)19(11)14-10-6-5-9-13(14)16/h2-7,9-10H,1H3. The Morgan fingerprint density at radius 3 is 2.58 bits per heavy atom. The van der Waals surface area contributed by atoms with Gasteiger partial charge >= 0.3 is 0 Å². The Hall–Kier alpha value is -2.49. The van der Waals surface area contributed by atoms with Gasteiger partial charge in [0.15, 0.2) is 5.82 Å². The van der Waals surface area contributed by atoms with Gasteiger partial charge in [0.05, 0.1) is 5.69 Å². The highest BCUT2D eigenvalue weighted by Crippen LogP contribution is 2.23. The summed E-state index contributed by atoms with van der Waals surface area (Å²) >= 11 is 0. The molecule has 0 aliphatic heterocycles. The van der Waals surface area contributed by atoms with Gasteiger partial charge in [0.1, 0.15) is 11.6 Å². The first kappa shape index (κ1) is 11.6. The predicted molar refractivity (Wildman–Crippen MR) is 70.3 cm³/mol. The fraction of sp³-hybridized carbons (Fsp3) is 0.0667. The third-order valence-electron chi connectivity index (χ3n) is 2.87. The van der Waals surface area contributed by atoms with E-state index in [1.165, 1.54) is 6.07 Å². The van der Waals surface area contributed by atoms with Crippen LogP contribution >= 0.6 is 0 Å². The summed E-state index contributed by atoms with van der Waals surface area (Å²) in [6.45, 7) is 1.80. The largest absolute Gasteiger partial charge is 0.276 e. The van der Waals surface area contributed by atoms with Gasteiger partial charge in [0.25, 0.3) is 0 Å². The molecule has 0 aliphatic rings. The normalized spacial score (nSPS) is 10.6. The fourth-order valence-electron chi connectivity index (χ4n) is 1.99. The molecule has 3 nitrogen and oxygen atoms in total. The number of aryl methyl sites for hydroxylation is 1. The van der Waals surface area contributed by atoms with Crippen molar-refractivity contribution in [2.75, 3.05) is 0 Å². The molecule has 0 fully saturated rings. The van der Waals surface area contributed by atoms with Crippen molar-refractivity contribution in [3.05, 3.63) is 66.2 Å². The van der Waals surface area contributed by atoms with Gasteiger partial charge in [-0.25, -0.2) is 4.39 Å². The van der Waals surface area contributed by atoms with Crippen LogP contribution in [0.3, 0.4) is 0 Å². The second-order valence-electron chi connectivity index (χ2n) is 4.13. The summed E-state index contributed by atoms with van der Waals surface area (Å²) in [6.07, 6.45) is 0. The Bertz CT molecular complexity index is 704. The van der Waals surface area contributed by atoms with Gasteiger partial charge in [-0.3, -0.25) is 4.57 Å². The quantitative estimate of drug-likeness (QED) is 0.701. The number of nitrogens with zero attached hydrogens (tertiary/aromatic N) is 3. The molecule has 1 radical (unpaired) electrons. The molecule has 0 saturated carbocycles. The van der Waals surface area contributed by atoms with Gasteiger partial charge in [-0.1, -0.05) is 36.4 Å². The lowest BCUT2D eigenvalue weighted by Gasteiger charge is -2.09. The van der Waals surface area contributed by atoms with Crippen LogP contribution in [0.15, 0.2) is 48.5 Å². The summed E-state index contributed by atoms with van der Waals surface area (Å²) in [7, 11) is 0. The first-order valence-corrected chi connectivity index (χ1v) is 5.91. The second kappa shape index (κ2) is 4.65. The zero-order valence-corrected chi connectivity index (χ0v) is 10.3. The molecule has 0 atom stereocenters. The number of rotatable bonds is 2. The van der Waals surface area contributed by atoms with Crippen LogP contribution in [0.25, 0.3) is 17.1 Å². The van der Waals surface area contributed by atoms with Crippen molar-refractivity contribution in [2.45, 2.75) is 6.92 Å². The predicted octanol–water partition coefficient (Wildman–Crippen LogP) is 3.18. The Balaban J connectivity index is 2.23. The average Bonchev–Trinajstić information content (AvgIpc) is 2.82. The van der Waals surface area contributed by atoms with Crippen molar-refractivity contribution in [1.29, 1.82) is 0 Å². The van der Waals surface area contributed by atoms with E-state index in [1.807, 2.05) is 18.2 Å². The van der Waals surface area contributed by atoms with Crippen LogP contribution in [0.1, 0.15) is 5.82 Å². The minimum absolute atomic E-state index is 0.303. The fourth-order valence-corrected chi connectivity index (χ4v) is 1.99. The van der Waals surface area contributed by atoms with E-state index in [0.717, 1.165) is 5.56 Å². The first-order valence-electron chi connectivity index (χ1n) is 5.91. The van der Waals surface area contributed by atoms with Crippen LogP contribution < -0.4 is 0 Å². The lowest BCUT2D eigenvalue weighted by Crippen LogP contribution is -2.02. The Kier molecular flexibility index (Phi) is 2.83. The summed E-state index contributed by atoms with van der Waals surface area (Å²) in [4.78, 5) is 0. The minimum atomic E-state index is -0.303. The maximum absolute atomic E-state index is 13.9. The highest BCUT2D eigenvalue weighted by molar-refractivity contribution is 5.58. The molecule has 2 aromatic carbocycles. The highest BCUT2D eigenvalue weighted by atomic mass is 19.1. The van der Waals surface area contributed by atoms with Crippen molar-refractivity contribution in [3.63, 3.8) is 0 Å². The van der Waals surface area contributed by atoms with Crippen LogP contribution in [0.4, 0.5) is 4.39 Å². The molecule has 0 amide bonds. The zero-order valence-electron chi connectivity index (χ0n) is 10.3. The van der Waals surface area contributed by atoms with Crippen LogP contribution in [-0.2, 0) is 0 Å². The third-order valence-corrected chi connectivity index (χ3v) is 2.87. The smallest absolute Gasteiger partial charge is 0.169 e. The first-order chi connectivity index (χ1) is 9.27. The average molecular weight is 252 g/mol. The molecule has 19 heavy (non-hydrogen) atoms. The SMILES string of the molecule is Cc1nnc(-c2[c]cccc2)n1-c1ccccc1F. The second-order valence-corrected chi connectivity index (χ2v) is 4.13. The summed E-state index contributed by atoms with van der Waals surface area (Å²) in [5.74, 6) is 0.920. The highest BCUT2D eigenvalue weighted by Gasteiger charge is 2.15. The number of hydrogen-bond donors (Lipinski definition) is 0. The molecular weight excluding hydrogens is 241 g/mol. The molecule has 0 unspecified atom stereocenters. The van der Waals surface area contributed by atoms with E-state index in [4.69, 9.17) is 0 Å². The Morgan fingerprint density at radius 2 is 1.84 bits per heavy atom. The summed E-state index contributed by atoms with van der Waals surface area (Å²) in [5, 5.41) is 8.16. The van der Waals surface area contributed by atoms with Crippen molar-refractivity contribution in [2.24, 2.45) is 0 Å². The van der Waals surface area contributed by atoms with E-state index in [0.29, 0.717) is 17.3 Å². The van der Waals surface area contributed by atoms with Crippen LogP contribution in [0, 0.1) is 18.8 Å². The molecule has 1 aromatic heterocycles. The molecule has 1 heterocycles. The van der Waals surface area contributed by atoms with Crippen LogP contribution in [0.2, 0.25) is 0 Å². The topological polar surface area (TPSA) is 30.7 Å². The summed E-state index contributed by atoms with van der Waals surface area (Å²) in [5.41, 5.74) is 1.23. The van der Waals surface area contributed by atoms with Crippen LogP contribution in [0.5, 0.6) is 0 Å². The van der Waals surface area contributed by atoms with Gasteiger partial charge in [-0.2, -0.15) is 0 Å². The van der Waals surface area contributed by atoms with E-state index in [9.17, 15) is 4.39 Å². The monoisotopic (exact) mass is 252 g/mol. The number of para-hydroxylation sites is 1. The number of hydrogen-bond acceptors (Lipinski definition) is 2. The molecule has 3 rings (SSSR count). The molecule has 3 aromatic rings. The number of aromatic nitrogens is 3. The minimum Gasteiger partial charge on any atom is -0.276 e. The molecule has 0 N–H and O–H groups in total. The molecule has 0 saturated heterocycles.